The van der Waals surface area contributed by atoms with Crippen molar-refractivity contribution >= 4 is 60.1 Å². The number of nitrogens with two attached hydrogens (primary N) is 1. The maximum Gasteiger partial charge on any atom is 0.481 e. The van der Waals surface area contributed by atoms with Crippen molar-refractivity contribution in [3.05, 3.63) is 145 Å². The molecule has 4 aromatic carbocycles. The summed E-state index contributed by atoms with van der Waals surface area (Å²) in [7, 11) is -21.1. The molecule has 0 aliphatic carbocycles. The van der Waals surface area contributed by atoms with Crippen molar-refractivity contribution in [2.24, 2.45) is 0 Å². The Morgan fingerprint density at radius 2 is 1.19 bits per heavy atom. The van der Waals surface area contributed by atoms with Crippen LogP contribution in [-0.2, 0) is 72.9 Å². The maximum atomic E-state index is 14.4. The zero-order chi connectivity index (χ0) is 49.9. The van der Waals surface area contributed by atoms with Crippen molar-refractivity contribution in [2.45, 2.75) is 64.0 Å². The number of ether oxygens (including phenoxy) is 3. The zero-order valence-corrected chi connectivity index (χ0v) is 40.7. The first kappa shape index (κ1) is 52.2. The summed E-state index contributed by atoms with van der Waals surface area (Å²) in [6.07, 6.45) is -2.47. The molecular weight excluding hydrogens is 998 g/mol. The molecule has 4 unspecified atom stereocenters. The molecule has 0 bridgehead atoms. The first-order valence-corrected chi connectivity index (χ1v) is 27.1. The fourth-order valence-corrected chi connectivity index (χ4v) is 12.7. The largest absolute Gasteiger partial charge is 0.481 e. The number of hydrogen-bond donors (Lipinski definition) is 5. The van der Waals surface area contributed by atoms with Crippen molar-refractivity contribution in [3.8, 4) is 11.5 Å². The molecule has 7 rings (SSSR count). The van der Waals surface area contributed by atoms with E-state index in [2.05, 4.69) is 25.1 Å². The number of esters is 2. The van der Waals surface area contributed by atoms with Gasteiger partial charge in [0.25, 0.3) is 0 Å². The third-order valence-electron chi connectivity index (χ3n) is 9.72. The number of phosphoric ester groups is 2. The molecule has 0 amide bonds. The number of fused-ring (bicyclic) bond motifs is 1. The van der Waals surface area contributed by atoms with Gasteiger partial charge in [0, 0.05) is 6.42 Å². The van der Waals surface area contributed by atoms with Crippen LogP contribution in [-0.4, -0.2) is 72.1 Å². The third-order valence-corrected chi connectivity index (χ3v) is 16.4. The van der Waals surface area contributed by atoms with Gasteiger partial charge in [-0.1, -0.05) is 97.1 Å². The molecule has 6 aromatic rings. The second-order valence-electron chi connectivity index (χ2n) is 15.2. The molecule has 28 heteroatoms. The van der Waals surface area contributed by atoms with Crippen molar-refractivity contribution in [3.63, 3.8) is 0 Å². The minimum Gasteiger partial charge on any atom is -0.460 e. The Hall–Kier alpha value is -5.67. The molecule has 6 N–H and O–H groups in total. The second kappa shape index (κ2) is 23.0. The fraction of sp³-hybridized carbons (Fsp3) is 0.262. The number of benzene rings is 4. The molecule has 3 heterocycles. The number of aromatic nitrogens is 4. The molecule has 1 aliphatic rings. The first-order chi connectivity index (χ1) is 33.4. The lowest BCUT2D eigenvalue weighted by Crippen LogP contribution is -2.35. The molecule has 1 aliphatic heterocycles. The van der Waals surface area contributed by atoms with E-state index in [1.165, 1.54) is 73.3 Å². The molecule has 0 spiro atoms. The van der Waals surface area contributed by atoms with Crippen LogP contribution in [0.5, 0.6) is 11.5 Å². The fourth-order valence-electron chi connectivity index (χ4n) is 6.54. The minimum atomic E-state index is -5.59. The summed E-state index contributed by atoms with van der Waals surface area (Å²) >= 11 is 0. The molecule has 9 atom stereocenters. The van der Waals surface area contributed by atoms with E-state index >= 15 is 0 Å². The normalized spacial score (nSPS) is 20.1. The lowest BCUT2D eigenvalue weighted by Gasteiger charge is -2.26. The van der Waals surface area contributed by atoms with Crippen LogP contribution >= 0.6 is 31.1 Å². The SMILES string of the molecule is C[C@H](NP(=O)(Oc1ccccc1)OP(=O)(O)OC[C@@H]1C[C@H](OP(=O)(O)OP(=O)(N[C@@H](C)C(=O)OCc2ccccc2)Oc2ccccc2)[C@H](n2cnc3c(N)ncnc32)O1)C(=O)OCc1ccccc1. The van der Waals surface area contributed by atoms with E-state index in [1.807, 2.05) is 0 Å². The molecule has 0 radical (unpaired) electrons. The summed E-state index contributed by atoms with van der Waals surface area (Å²) in [6, 6.07) is 29.4. The highest BCUT2D eigenvalue weighted by Crippen LogP contribution is 2.63. The van der Waals surface area contributed by atoms with Crippen molar-refractivity contribution in [1.29, 1.82) is 0 Å². The average molecular weight is 1050 g/mol. The Morgan fingerprint density at radius 3 is 1.69 bits per heavy atom. The van der Waals surface area contributed by atoms with Crippen LogP contribution in [0.25, 0.3) is 11.2 Å². The molecular formula is C42H47N7O17P4. The van der Waals surface area contributed by atoms with Crippen LogP contribution in [0.2, 0.25) is 0 Å². The average Bonchev–Trinajstić information content (AvgIpc) is 3.94. The predicted molar refractivity (Wildman–Crippen MR) is 248 cm³/mol. The smallest absolute Gasteiger partial charge is 0.460 e. The Morgan fingerprint density at radius 1 is 0.714 bits per heavy atom. The van der Waals surface area contributed by atoms with Gasteiger partial charge in [-0.3, -0.25) is 23.2 Å². The number of phosphoric acid groups is 2. The first-order valence-electron chi connectivity index (χ1n) is 21.0. The van der Waals surface area contributed by atoms with Crippen LogP contribution in [0.3, 0.4) is 0 Å². The van der Waals surface area contributed by atoms with Gasteiger partial charge in [-0.05, 0) is 49.2 Å². The van der Waals surface area contributed by atoms with Gasteiger partial charge >= 0.3 is 43.1 Å². The van der Waals surface area contributed by atoms with Crippen LogP contribution in [0.1, 0.15) is 37.6 Å². The van der Waals surface area contributed by atoms with E-state index in [1.54, 1.807) is 72.8 Å². The molecule has 372 valence electrons. The standard InChI is InChI=1S/C42H47N7O17P4/c1-29(41(50)58-24-31-15-7-3-8-16-31)47-67(52,62-33-19-11-5-12-20-33)65-69(54,55)60-26-35-23-36(40(61-35)49-28-46-37-38(43)44-27-45-39(37)49)64-70(56,57)66-68(53,63-34-21-13-6-14-22-34)48-30(2)42(51)59-25-32-17-9-4-10-18-32/h3-22,27-30,35-36,40H,23-26H2,1-2H3,(H,47,52)(H,48,53)(H,54,55)(H,56,57)(H2,43,44,45)/t29-,30-,35-,36-,40+,67?,68?/m0/s1. The highest BCUT2D eigenvalue weighted by Gasteiger charge is 2.48. The topological polar surface area (TPSA) is 320 Å². The molecule has 2 aromatic heterocycles. The monoisotopic (exact) mass is 1050 g/mol. The number of para-hydroxylation sites is 2. The van der Waals surface area contributed by atoms with E-state index in [4.69, 9.17) is 46.7 Å². The molecule has 70 heavy (non-hydrogen) atoms. The van der Waals surface area contributed by atoms with Gasteiger partial charge in [0.1, 0.15) is 54.7 Å². The number of nitrogen functional groups attached to an aromatic ring is 1. The minimum absolute atomic E-state index is 0.0374. The van der Waals surface area contributed by atoms with Crippen molar-refractivity contribution in [1.82, 2.24) is 29.7 Å². The summed E-state index contributed by atoms with van der Waals surface area (Å²) in [6.45, 7) is 1.40. The summed E-state index contributed by atoms with van der Waals surface area (Å²) in [4.78, 5) is 60.6. The maximum absolute atomic E-state index is 14.4. The van der Waals surface area contributed by atoms with Crippen LogP contribution in [0.15, 0.2) is 134 Å². The van der Waals surface area contributed by atoms with Gasteiger partial charge in [-0.15, -0.1) is 0 Å². The highest BCUT2D eigenvalue weighted by atomic mass is 31.3. The van der Waals surface area contributed by atoms with Crippen LogP contribution in [0, 0.1) is 0 Å². The molecule has 24 nitrogen and oxygen atoms in total. The summed E-state index contributed by atoms with van der Waals surface area (Å²) in [5.74, 6) is -2.04. The molecule has 1 saturated heterocycles. The van der Waals surface area contributed by atoms with E-state index in [9.17, 15) is 37.6 Å². The number of anilines is 1. The van der Waals surface area contributed by atoms with E-state index in [0.29, 0.717) is 11.1 Å². The van der Waals surface area contributed by atoms with Crippen molar-refractivity contribution < 1.29 is 78.6 Å². The number of nitrogens with one attached hydrogen (secondary N) is 2. The summed E-state index contributed by atoms with van der Waals surface area (Å²) in [5, 5.41) is 4.64. The molecule has 1 fully saturated rings. The Balaban J connectivity index is 1.08. The Labute approximate surface area is 400 Å². The number of rotatable bonds is 24. The van der Waals surface area contributed by atoms with Gasteiger partial charge in [0.2, 0.25) is 0 Å². The third kappa shape index (κ3) is 14.7. The number of imidazole rings is 1. The summed E-state index contributed by atoms with van der Waals surface area (Å²) < 4.78 is 107. The zero-order valence-electron chi connectivity index (χ0n) is 37.1. The number of carbonyl (C=O) groups excluding carboxylic acids is 2. The number of hydrogen-bond acceptors (Lipinski definition) is 19. The number of carbonyl (C=O) groups is 2. The van der Waals surface area contributed by atoms with Gasteiger partial charge in [-0.2, -0.15) is 18.8 Å². The van der Waals surface area contributed by atoms with E-state index < -0.39 is 86.6 Å². The van der Waals surface area contributed by atoms with Gasteiger partial charge in [0.05, 0.1) is 19.0 Å². The van der Waals surface area contributed by atoms with Crippen LogP contribution < -0.4 is 25.0 Å². The highest BCUT2D eigenvalue weighted by molar-refractivity contribution is 7.64. The molecule has 0 saturated carbocycles. The summed E-state index contributed by atoms with van der Waals surface area (Å²) in [5.41, 5.74) is 7.47. The van der Waals surface area contributed by atoms with E-state index in [-0.39, 0.29) is 41.7 Å². The predicted octanol–water partition coefficient (Wildman–Crippen LogP) is 7.15. The van der Waals surface area contributed by atoms with Crippen LogP contribution in [0.4, 0.5) is 5.82 Å². The van der Waals surface area contributed by atoms with E-state index in [0.717, 1.165) is 6.33 Å². The van der Waals surface area contributed by atoms with Gasteiger partial charge in [-0.25, -0.2) is 33.2 Å². The lowest BCUT2D eigenvalue weighted by molar-refractivity contribution is -0.147. The lowest BCUT2D eigenvalue weighted by atomic mass is 10.2. The number of nitrogens with zero attached hydrogens (tertiary/aromatic N) is 4. The van der Waals surface area contributed by atoms with Crippen molar-refractivity contribution in [2.75, 3.05) is 12.3 Å². The quantitative estimate of drug-likeness (QED) is 0.0297. The second-order valence-corrected chi connectivity index (χ2v) is 21.7. The Kier molecular flexibility index (Phi) is 17.2. The Bertz CT molecular complexity index is 2910. The van der Waals surface area contributed by atoms with Gasteiger partial charge in [0.15, 0.2) is 17.7 Å². The van der Waals surface area contributed by atoms with Gasteiger partial charge < -0.3 is 38.8 Å².